The maximum absolute atomic E-state index is 12.5. The van der Waals surface area contributed by atoms with Gasteiger partial charge in [-0.25, -0.2) is 8.42 Å². The van der Waals surface area contributed by atoms with Crippen LogP contribution in [0.5, 0.6) is 0 Å². The number of hydrogen-bond donors (Lipinski definition) is 0. The highest BCUT2D eigenvalue weighted by molar-refractivity contribution is 7.93. The van der Waals surface area contributed by atoms with Crippen molar-refractivity contribution in [1.82, 2.24) is 0 Å². The zero-order chi connectivity index (χ0) is 14.0. The number of nitrogens with zero attached hydrogens (tertiary/aromatic N) is 1. The Morgan fingerprint density at radius 3 is 2.42 bits per heavy atom. The van der Waals surface area contributed by atoms with Crippen LogP contribution in [0.25, 0.3) is 0 Å². The SMILES string of the molecule is Cc1ccc(N(C)S(=O)(=O)c2ccsc2CCl)cc1. The van der Waals surface area contributed by atoms with Crippen molar-refractivity contribution in [2.75, 3.05) is 11.4 Å². The maximum Gasteiger partial charge on any atom is 0.265 e. The first-order valence-electron chi connectivity index (χ1n) is 5.64. The average Bonchev–Trinajstić information content (AvgIpc) is 2.87. The number of anilines is 1. The van der Waals surface area contributed by atoms with E-state index in [1.807, 2.05) is 19.1 Å². The van der Waals surface area contributed by atoms with E-state index in [-0.39, 0.29) is 10.8 Å². The van der Waals surface area contributed by atoms with E-state index in [2.05, 4.69) is 0 Å². The van der Waals surface area contributed by atoms with E-state index in [0.29, 0.717) is 10.6 Å². The summed E-state index contributed by atoms with van der Waals surface area (Å²) in [5.41, 5.74) is 1.73. The molecule has 19 heavy (non-hydrogen) atoms. The first kappa shape index (κ1) is 14.4. The zero-order valence-corrected chi connectivity index (χ0v) is 13.0. The van der Waals surface area contributed by atoms with Gasteiger partial charge in [0.25, 0.3) is 10.0 Å². The van der Waals surface area contributed by atoms with Crippen LogP contribution in [-0.4, -0.2) is 15.5 Å². The fourth-order valence-corrected chi connectivity index (χ4v) is 4.57. The third-order valence-corrected chi connectivity index (χ3v) is 6.21. The molecule has 0 fully saturated rings. The van der Waals surface area contributed by atoms with Gasteiger partial charge in [0.1, 0.15) is 4.90 Å². The summed E-state index contributed by atoms with van der Waals surface area (Å²) >= 11 is 7.13. The molecule has 0 radical (unpaired) electrons. The van der Waals surface area contributed by atoms with Gasteiger partial charge >= 0.3 is 0 Å². The van der Waals surface area contributed by atoms with Crippen LogP contribution in [0.3, 0.4) is 0 Å². The molecule has 0 amide bonds. The third-order valence-electron chi connectivity index (χ3n) is 2.86. The Hall–Kier alpha value is -1.04. The molecular weight excluding hydrogens is 302 g/mol. The maximum atomic E-state index is 12.5. The van der Waals surface area contributed by atoms with Crippen molar-refractivity contribution in [3.63, 3.8) is 0 Å². The molecule has 0 unspecified atom stereocenters. The molecule has 0 N–H and O–H groups in total. The Morgan fingerprint density at radius 1 is 1.21 bits per heavy atom. The first-order chi connectivity index (χ1) is 8.96. The lowest BCUT2D eigenvalue weighted by Crippen LogP contribution is -2.26. The highest BCUT2D eigenvalue weighted by atomic mass is 35.5. The van der Waals surface area contributed by atoms with Crippen LogP contribution in [0.4, 0.5) is 5.69 Å². The molecule has 0 spiro atoms. The summed E-state index contributed by atoms with van der Waals surface area (Å²) in [5.74, 6) is 0.202. The van der Waals surface area contributed by atoms with Crippen LogP contribution in [0.15, 0.2) is 40.6 Å². The number of sulfonamides is 1. The van der Waals surface area contributed by atoms with Gasteiger partial charge in [-0.05, 0) is 30.5 Å². The monoisotopic (exact) mass is 315 g/mol. The molecule has 0 aliphatic rings. The average molecular weight is 316 g/mol. The summed E-state index contributed by atoms with van der Waals surface area (Å²) in [7, 11) is -1.99. The molecule has 102 valence electrons. The third kappa shape index (κ3) is 2.78. The molecule has 0 aliphatic carbocycles. The van der Waals surface area contributed by atoms with Gasteiger partial charge in [-0.2, -0.15) is 0 Å². The standard InChI is InChI=1S/C13H14ClNO2S2/c1-10-3-5-11(6-4-10)15(2)19(16,17)13-7-8-18-12(13)9-14/h3-8H,9H2,1-2H3. The molecule has 6 heteroatoms. The highest BCUT2D eigenvalue weighted by Gasteiger charge is 2.24. The van der Waals surface area contributed by atoms with Crippen LogP contribution in [0, 0.1) is 6.92 Å². The minimum absolute atomic E-state index is 0.202. The quantitative estimate of drug-likeness (QED) is 0.808. The van der Waals surface area contributed by atoms with Crippen LogP contribution in [0.1, 0.15) is 10.4 Å². The summed E-state index contributed by atoms with van der Waals surface area (Å²) in [6.45, 7) is 1.96. The van der Waals surface area contributed by atoms with Gasteiger partial charge in [-0.1, -0.05) is 17.7 Å². The Morgan fingerprint density at radius 2 is 1.84 bits per heavy atom. The number of benzene rings is 1. The van der Waals surface area contributed by atoms with Gasteiger partial charge in [0.15, 0.2) is 0 Å². The molecule has 0 saturated heterocycles. The van der Waals surface area contributed by atoms with Gasteiger partial charge in [0.2, 0.25) is 0 Å². The van der Waals surface area contributed by atoms with Crippen LogP contribution in [0.2, 0.25) is 0 Å². The Kier molecular flexibility index (Phi) is 4.18. The Balaban J connectivity index is 2.42. The zero-order valence-electron chi connectivity index (χ0n) is 10.6. The summed E-state index contributed by atoms with van der Waals surface area (Å²) < 4.78 is 26.3. The second-order valence-corrected chi connectivity index (χ2v) is 7.36. The van der Waals surface area contributed by atoms with E-state index in [0.717, 1.165) is 5.56 Å². The fourth-order valence-electron chi connectivity index (χ4n) is 1.70. The van der Waals surface area contributed by atoms with Crippen molar-refractivity contribution in [3.8, 4) is 0 Å². The lowest BCUT2D eigenvalue weighted by Gasteiger charge is -2.19. The van der Waals surface area contributed by atoms with Crippen molar-refractivity contribution in [2.45, 2.75) is 17.7 Å². The number of alkyl halides is 1. The number of halogens is 1. The predicted molar refractivity (Wildman–Crippen MR) is 80.6 cm³/mol. The number of rotatable bonds is 4. The van der Waals surface area contributed by atoms with E-state index in [4.69, 9.17) is 11.6 Å². The first-order valence-corrected chi connectivity index (χ1v) is 8.50. The Bertz CT molecular complexity index is 662. The lowest BCUT2D eigenvalue weighted by atomic mass is 10.2. The molecule has 2 aromatic rings. The molecule has 0 atom stereocenters. The van der Waals surface area contributed by atoms with Crippen LogP contribution in [-0.2, 0) is 15.9 Å². The molecule has 0 saturated carbocycles. The number of aryl methyl sites for hydroxylation is 1. The lowest BCUT2D eigenvalue weighted by molar-refractivity contribution is 0.594. The van der Waals surface area contributed by atoms with Crippen molar-refractivity contribution in [1.29, 1.82) is 0 Å². The second kappa shape index (κ2) is 5.53. The summed E-state index contributed by atoms with van der Waals surface area (Å²) in [6.07, 6.45) is 0. The van der Waals surface area contributed by atoms with E-state index < -0.39 is 10.0 Å². The summed E-state index contributed by atoms with van der Waals surface area (Å²) in [4.78, 5) is 0.955. The van der Waals surface area contributed by atoms with E-state index >= 15 is 0 Å². The summed E-state index contributed by atoms with van der Waals surface area (Å²) in [6, 6.07) is 8.95. The minimum atomic E-state index is -3.55. The number of hydrogen-bond acceptors (Lipinski definition) is 3. The van der Waals surface area contributed by atoms with Gasteiger partial charge in [-0.15, -0.1) is 22.9 Å². The Labute approximate surface area is 122 Å². The van der Waals surface area contributed by atoms with Crippen molar-refractivity contribution < 1.29 is 8.42 Å². The molecule has 1 aromatic heterocycles. The van der Waals surface area contributed by atoms with Crippen LogP contribution >= 0.6 is 22.9 Å². The smallest absolute Gasteiger partial charge is 0.265 e. The molecular formula is C13H14ClNO2S2. The number of thiophene rings is 1. The van der Waals surface area contributed by atoms with Gasteiger partial charge in [-0.3, -0.25) is 4.31 Å². The van der Waals surface area contributed by atoms with Crippen molar-refractivity contribution in [3.05, 3.63) is 46.2 Å². The molecule has 1 aromatic carbocycles. The molecule has 0 bridgehead atoms. The van der Waals surface area contributed by atoms with E-state index in [1.165, 1.54) is 15.6 Å². The van der Waals surface area contributed by atoms with Gasteiger partial charge in [0.05, 0.1) is 11.6 Å². The molecule has 1 heterocycles. The summed E-state index contributed by atoms with van der Waals surface area (Å²) in [5, 5.41) is 1.74. The van der Waals surface area contributed by atoms with Crippen LogP contribution < -0.4 is 4.31 Å². The normalized spacial score (nSPS) is 11.5. The molecule has 3 nitrogen and oxygen atoms in total. The highest BCUT2D eigenvalue weighted by Crippen LogP contribution is 2.28. The minimum Gasteiger partial charge on any atom is -0.269 e. The van der Waals surface area contributed by atoms with E-state index in [1.54, 1.807) is 30.6 Å². The van der Waals surface area contributed by atoms with Gasteiger partial charge < -0.3 is 0 Å². The van der Waals surface area contributed by atoms with Gasteiger partial charge in [0, 0.05) is 11.9 Å². The predicted octanol–water partition coefficient (Wildman–Crippen LogP) is 3.62. The molecule has 2 rings (SSSR count). The fraction of sp³-hybridized carbons (Fsp3) is 0.231. The largest absolute Gasteiger partial charge is 0.269 e. The van der Waals surface area contributed by atoms with Crippen molar-refractivity contribution >= 4 is 38.6 Å². The molecule has 0 aliphatic heterocycles. The van der Waals surface area contributed by atoms with E-state index in [9.17, 15) is 8.42 Å². The topological polar surface area (TPSA) is 37.4 Å². The van der Waals surface area contributed by atoms with Crippen molar-refractivity contribution in [2.24, 2.45) is 0 Å². The second-order valence-electron chi connectivity index (χ2n) is 4.15.